The second-order valence-corrected chi connectivity index (χ2v) is 6.23. The van der Waals surface area contributed by atoms with Crippen LogP contribution in [0.25, 0.3) is 0 Å². The van der Waals surface area contributed by atoms with Gasteiger partial charge in [0.25, 0.3) is 0 Å². The van der Waals surface area contributed by atoms with E-state index in [9.17, 15) is 0 Å². The van der Waals surface area contributed by atoms with Crippen molar-refractivity contribution in [2.75, 3.05) is 38.5 Å². The fourth-order valence-electron chi connectivity index (χ4n) is 2.97. The molecule has 0 spiro atoms. The Morgan fingerprint density at radius 1 is 1.28 bits per heavy atom. The molecule has 1 unspecified atom stereocenters. The molecule has 6 heteroatoms. The van der Waals surface area contributed by atoms with Crippen molar-refractivity contribution in [2.45, 2.75) is 31.8 Å². The smallest absolute Gasteiger partial charge is 0.205 e. The highest BCUT2D eigenvalue weighted by molar-refractivity contribution is 7.15. The van der Waals surface area contributed by atoms with Crippen LogP contribution in [0, 0.1) is 0 Å². The third kappa shape index (κ3) is 2.65. The second-order valence-electron chi connectivity index (χ2n) is 5.17. The van der Waals surface area contributed by atoms with Crippen LogP contribution in [-0.4, -0.2) is 59.3 Å². The Labute approximate surface area is 112 Å². The molecule has 2 aliphatic rings. The van der Waals surface area contributed by atoms with Crippen LogP contribution in [0.3, 0.4) is 0 Å². The van der Waals surface area contributed by atoms with E-state index in [2.05, 4.69) is 25.3 Å². The standard InChI is InChI=1S/C12H21N5S/c1-13-12-15-14-11(18-12)9-16-7-4-10(8-16)17-5-2-3-6-17/h10H,2-9H2,1H3,(H,13,15). The van der Waals surface area contributed by atoms with E-state index >= 15 is 0 Å². The summed E-state index contributed by atoms with van der Waals surface area (Å²) in [5.74, 6) is 0. The van der Waals surface area contributed by atoms with Crippen LogP contribution in [0.1, 0.15) is 24.3 Å². The van der Waals surface area contributed by atoms with Crippen LogP contribution < -0.4 is 5.32 Å². The van der Waals surface area contributed by atoms with Crippen molar-refractivity contribution in [3.63, 3.8) is 0 Å². The van der Waals surface area contributed by atoms with Crippen LogP contribution in [0.4, 0.5) is 5.13 Å². The average molecular weight is 267 g/mol. The lowest BCUT2D eigenvalue weighted by Crippen LogP contribution is -2.35. The van der Waals surface area contributed by atoms with E-state index < -0.39 is 0 Å². The number of likely N-dealkylation sites (tertiary alicyclic amines) is 2. The molecule has 3 rings (SSSR count). The lowest BCUT2D eigenvalue weighted by molar-refractivity contribution is 0.229. The summed E-state index contributed by atoms with van der Waals surface area (Å²) in [7, 11) is 1.89. The van der Waals surface area contributed by atoms with Gasteiger partial charge in [-0.05, 0) is 32.4 Å². The van der Waals surface area contributed by atoms with Gasteiger partial charge in [0.2, 0.25) is 5.13 Å². The van der Waals surface area contributed by atoms with Gasteiger partial charge in [-0.25, -0.2) is 0 Å². The maximum Gasteiger partial charge on any atom is 0.205 e. The van der Waals surface area contributed by atoms with Gasteiger partial charge >= 0.3 is 0 Å². The maximum absolute atomic E-state index is 4.22. The monoisotopic (exact) mass is 267 g/mol. The van der Waals surface area contributed by atoms with E-state index in [1.165, 1.54) is 45.4 Å². The number of aromatic nitrogens is 2. The first-order chi connectivity index (χ1) is 8.85. The SMILES string of the molecule is CNc1nnc(CN2CCC(N3CCCC3)C2)s1. The van der Waals surface area contributed by atoms with Crippen molar-refractivity contribution >= 4 is 16.5 Å². The predicted octanol–water partition coefficient (Wildman–Crippen LogP) is 1.25. The summed E-state index contributed by atoms with van der Waals surface area (Å²) < 4.78 is 0. The summed E-state index contributed by atoms with van der Waals surface area (Å²) in [5.41, 5.74) is 0. The number of hydrogen-bond donors (Lipinski definition) is 1. The molecule has 1 atom stereocenters. The fraction of sp³-hybridized carbons (Fsp3) is 0.833. The molecular weight excluding hydrogens is 246 g/mol. The maximum atomic E-state index is 4.22. The summed E-state index contributed by atoms with van der Waals surface area (Å²) >= 11 is 1.66. The normalized spacial score (nSPS) is 25.9. The number of nitrogens with zero attached hydrogens (tertiary/aromatic N) is 4. The zero-order valence-electron chi connectivity index (χ0n) is 10.9. The van der Waals surface area contributed by atoms with Crippen molar-refractivity contribution in [3.05, 3.63) is 5.01 Å². The first-order valence-electron chi connectivity index (χ1n) is 6.81. The predicted molar refractivity (Wildman–Crippen MR) is 73.9 cm³/mol. The van der Waals surface area contributed by atoms with Gasteiger partial charge < -0.3 is 5.32 Å². The first-order valence-corrected chi connectivity index (χ1v) is 7.63. The van der Waals surface area contributed by atoms with Gasteiger partial charge in [-0.1, -0.05) is 11.3 Å². The minimum Gasteiger partial charge on any atom is -0.363 e. The lowest BCUT2D eigenvalue weighted by atomic mass is 10.2. The summed E-state index contributed by atoms with van der Waals surface area (Å²) in [6, 6.07) is 0.782. The van der Waals surface area contributed by atoms with Crippen LogP contribution in [0.15, 0.2) is 0 Å². The summed E-state index contributed by atoms with van der Waals surface area (Å²) in [6.45, 7) is 5.98. The van der Waals surface area contributed by atoms with Gasteiger partial charge in [0.1, 0.15) is 5.01 Å². The van der Waals surface area contributed by atoms with E-state index in [4.69, 9.17) is 0 Å². The molecule has 100 valence electrons. The van der Waals surface area contributed by atoms with Crippen molar-refractivity contribution < 1.29 is 0 Å². The summed E-state index contributed by atoms with van der Waals surface area (Å²) in [4.78, 5) is 5.18. The third-order valence-corrected chi connectivity index (χ3v) is 4.87. The van der Waals surface area contributed by atoms with Crippen molar-refractivity contribution in [3.8, 4) is 0 Å². The lowest BCUT2D eigenvalue weighted by Gasteiger charge is -2.23. The van der Waals surface area contributed by atoms with Crippen molar-refractivity contribution in [1.29, 1.82) is 0 Å². The summed E-state index contributed by atoms with van der Waals surface area (Å²) in [5, 5.41) is 13.4. The Morgan fingerprint density at radius 3 is 2.83 bits per heavy atom. The average Bonchev–Trinajstić information content (AvgIpc) is 3.10. The van der Waals surface area contributed by atoms with E-state index in [1.54, 1.807) is 11.3 Å². The van der Waals surface area contributed by atoms with Crippen LogP contribution >= 0.6 is 11.3 Å². The van der Waals surface area contributed by atoms with Crippen LogP contribution in [0.2, 0.25) is 0 Å². The van der Waals surface area contributed by atoms with Crippen molar-refractivity contribution in [1.82, 2.24) is 20.0 Å². The highest BCUT2D eigenvalue weighted by atomic mass is 32.1. The molecule has 2 saturated heterocycles. The quantitative estimate of drug-likeness (QED) is 0.889. The van der Waals surface area contributed by atoms with Crippen LogP contribution in [-0.2, 0) is 6.54 Å². The zero-order valence-corrected chi connectivity index (χ0v) is 11.7. The Morgan fingerprint density at radius 2 is 2.11 bits per heavy atom. The molecule has 1 aromatic heterocycles. The topological polar surface area (TPSA) is 44.3 Å². The molecule has 0 amide bonds. The summed E-state index contributed by atoms with van der Waals surface area (Å²) in [6.07, 6.45) is 4.09. The molecule has 3 heterocycles. The van der Waals surface area contributed by atoms with E-state index in [-0.39, 0.29) is 0 Å². The first kappa shape index (κ1) is 12.3. The molecule has 1 N–H and O–H groups in total. The number of rotatable bonds is 4. The second kappa shape index (κ2) is 5.50. The Kier molecular flexibility index (Phi) is 3.77. The minimum atomic E-state index is 0.782. The molecule has 0 aromatic carbocycles. The molecule has 0 bridgehead atoms. The molecule has 1 aromatic rings. The molecule has 2 aliphatic heterocycles. The van der Waals surface area contributed by atoms with Gasteiger partial charge in [0.05, 0.1) is 6.54 Å². The highest BCUT2D eigenvalue weighted by Gasteiger charge is 2.29. The number of hydrogen-bond acceptors (Lipinski definition) is 6. The molecule has 2 fully saturated rings. The Hall–Kier alpha value is -0.720. The van der Waals surface area contributed by atoms with Gasteiger partial charge in [0.15, 0.2) is 0 Å². The molecule has 0 saturated carbocycles. The van der Waals surface area contributed by atoms with E-state index in [1.807, 2.05) is 7.05 Å². The van der Waals surface area contributed by atoms with Gasteiger partial charge in [-0.15, -0.1) is 10.2 Å². The number of nitrogens with one attached hydrogen (secondary N) is 1. The fourth-order valence-corrected chi connectivity index (χ4v) is 3.71. The van der Waals surface area contributed by atoms with Gasteiger partial charge in [-0.2, -0.15) is 0 Å². The molecule has 5 nitrogen and oxygen atoms in total. The van der Waals surface area contributed by atoms with E-state index in [0.717, 1.165) is 22.7 Å². The third-order valence-electron chi connectivity index (χ3n) is 3.94. The largest absolute Gasteiger partial charge is 0.363 e. The Balaban J connectivity index is 1.52. The molecular formula is C12H21N5S. The highest BCUT2D eigenvalue weighted by Crippen LogP contribution is 2.23. The Bertz CT molecular complexity index is 388. The van der Waals surface area contributed by atoms with Gasteiger partial charge in [0, 0.05) is 26.2 Å². The van der Waals surface area contributed by atoms with Crippen LogP contribution in [0.5, 0.6) is 0 Å². The molecule has 0 radical (unpaired) electrons. The number of anilines is 1. The van der Waals surface area contributed by atoms with Crippen molar-refractivity contribution in [2.24, 2.45) is 0 Å². The van der Waals surface area contributed by atoms with Gasteiger partial charge in [-0.3, -0.25) is 9.80 Å². The van der Waals surface area contributed by atoms with E-state index in [0.29, 0.717) is 0 Å². The zero-order chi connectivity index (χ0) is 12.4. The molecule has 18 heavy (non-hydrogen) atoms. The molecule has 0 aliphatic carbocycles. The minimum absolute atomic E-state index is 0.782.